The number of hydrogen-bond donors (Lipinski definition) is 1. The van der Waals surface area contributed by atoms with E-state index in [2.05, 4.69) is 4.98 Å². The second kappa shape index (κ2) is 3.23. The van der Waals surface area contributed by atoms with Crippen LogP contribution in [0.5, 0.6) is 0 Å². The number of nitrogens with zero attached hydrogens (tertiary/aromatic N) is 1. The molecule has 11 heavy (non-hydrogen) atoms. The number of rotatable bonds is 3. The molecule has 62 valence electrons. The summed E-state index contributed by atoms with van der Waals surface area (Å²) in [5.74, 6) is -2.79. The molecule has 1 heterocycles. The molecule has 0 aliphatic heterocycles. The molecule has 0 aliphatic rings. The number of alkyl halides is 2. The fourth-order valence-corrected chi connectivity index (χ4v) is 1.33. The van der Waals surface area contributed by atoms with Crippen LogP contribution in [0.15, 0.2) is 11.7 Å². The van der Waals surface area contributed by atoms with Gasteiger partial charge >= 0.3 is 0 Å². The minimum absolute atomic E-state index is 0.297. The normalized spacial score (nSPS) is 11.9. The van der Waals surface area contributed by atoms with Crippen molar-refractivity contribution in [3.8, 4) is 0 Å². The van der Waals surface area contributed by atoms with Gasteiger partial charge in [-0.05, 0) is 0 Å². The zero-order valence-electron chi connectivity index (χ0n) is 5.76. The van der Waals surface area contributed by atoms with Crippen LogP contribution in [0, 0.1) is 0 Å². The third-order valence-corrected chi connectivity index (χ3v) is 1.99. The standard InChI is InChI=1S/C6H8F2N2S/c7-6(8,3-9)1-5-2-10-4-11-5/h2,4H,1,3,9H2. The summed E-state index contributed by atoms with van der Waals surface area (Å²) in [7, 11) is 0. The van der Waals surface area contributed by atoms with Gasteiger partial charge in [0.05, 0.1) is 12.1 Å². The van der Waals surface area contributed by atoms with Gasteiger partial charge in [-0.2, -0.15) is 0 Å². The Morgan fingerprint density at radius 2 is 2.36 bits per heavy atom. The average Bonchev–Trinajstić information content (AvgIpc) is 2.39. The average molecular weight is 178 g/mol. The molecule has 1 aromatic rings. The third-order valence-electron chi connectivity index (χ3n) is 1.21. The number of hydrogen-bond acceptors (Lipinski definition) is 3. The summed E-state index contributed by atoms with van der Waals surface area (Å²) in [6, 6.07) is 0. The van der Waals surface area contributed by atoms with Gasteiger partial charge < -0.3 is 5.73 Å². The Morgan fingerprint density at radius 3 is 2.82 bits per heavy atom. The molecule has 0 amide bonds. The summed E-state index contributed by atoms with van der Waals surface area (Å²) in [6.45, 7) is -0.606. The van der Waals surface area contributed by atoms with E-state index in [-0.39, 0.29) is 6.42 Å². The molecule has 2 N–H and O–H groups in total. The van der Waals surface area contributed by atoms with Crippen molar-refractivity contribution in [2.75, 3.05) is 6.54 Å². The van der Waals surface area contributed by atoms with Crippen LogP contribution in [-0.4, -0.2) is 17.5 Å². The summed E-state index contributed by atoms with van der Waals surface area (Å²) >= 11 is 1.22. The highest BCUT2D eigenvalue weighted by Crippen LogP contribution is 2.20. The Kier molecular flexibility index (Phi) is 2.51. The molecule has 0 radical (unpaired) electrons. The maximum absolute atomic E-state index is 12.6. The second-order valence-electron chi connectivity index (χ2n) is 2.20. The molecule has 0 unspecified atom stereocenters. The number of nitrogens with two attached hydrogens (primary N) is 1. The van der Waals surface area contributed by atoms with Gasteiger partial charge in [0.1, 0.15) is 0 Å². The molecule has 1 rings (SSSR count). The first-order valence-corrected chi connectivity index (χ1v) is 3.97. The molecule has 0 spiro atoms. The fraction of sp³-hybridized carbons (Fsp3) is 0.500. The lowest BCUT2D eigenvalue weighted by molar-refractivity contribution is 0.0122. The van der Waals surface area contributed by atoms with E-state index in [9.17, 15) is 8.78 Å². The van der Waals surface area contributed by atoms with E-state index in [1.807, 2.05) is 0 Å². The van der Waals surface area contributed by atoms with Crippen molar-refractivity contribution in [2.45, 2.75) is 12.3 Å². The van der Waals surface area contributed by atoms with E-state index in [0.29, 0.717) is 4.88 Å². The van der Waals surface area contributed by atoms with E-state index in [1.165, 1.54) is 23.0 Å². The predicted octanol–water partition coefficient (Wildman–Crippen LogP) is 1.28. The first kappa shape index (κ1) is 8.55. The number of thiazole rings is 1. The molecule has 1 aromatic heterocycles. The molecule has 0 aliphatic carbocycles. The van der Waals surface area contributed by atoms with Crippen LogP contribution in [0.1, 0.15) is 4.88 Å². The topological polar surface area (TPSA) is 38.9 Å². The minimum Gasteiger partial charge on any atom is -0.325 e. The summed E-state index contributed by atoms with van der Waals surface area (Å²) in [5, 5.41) is 0. The molecule has 0 bridgehead atoms. The molecule has 0 fully saturated rings. The van der Waals surface area contributed by atoms with Crippen molar-refractivity contribution in [1.82, 2.24) is 4.98 Å². The molecule has 0 saturated carbocycles. The highest BCUT2D eigenvalue weighted by molar-refractivity contribution is 7.09. The van der Waals surface area contributed by atoms with E-state index in [1.54, 1.807) is 0 Å². The van der Waals surface area contributed by atoms with Crippen molar-refractivity contribution >= 4 is 11.3 Å². The highest BCUT2D eigenvalue weighted by Gasteiger charge is 2.27. The number of aromatic nitrogens is 1. The van der Waals surface area contributed by atoms with Gasteiger partial charge in [0.15, 0.2) is 0 Å². The lowest BCUT2D eigenvalue weighted by Gasteiger charge is -2.10. The predicted molar refractivity (Wildman–Crippen MR) is 39.8 cm³/mol. The lowest BCUT2D eigenvalue weighted by Crippen LogP contribution is -2.29. The van der Waals surface area contributed by atoms with Gasteiger partial charge in [-0.15, -0.1) is 11.3 Å². The van der Waals surface area contributed by atoms with E-state index >= 15 is 0 Å². The molecular formula is C6H8F2N2S. The van der Waals surface area contributed by atoms with Gasteiger partial charge in [-0.25, -0.2) is 8.78 Å². The first-order chi connectivity index (χ1) is 5.14. The summed E-state index contributed by atoms with van der Waals surface area (Å²) < 4.78 is 25.1. The Bertz CT molecular complexity index is 210. The highest BCUT2D eigenvalue weighted by atomic mass is 32.1. The Hall–Kier alpha value is -0.550. The van der Waals surface area contributed by atoms with Crippen molar-refractivity contribution in [1.29, 1.82) is 0 Å². The third kappa shape index (κ3) is 2.51. The minimum atomic E-state index is -2.79. The fourth-order valence-electron chi connectivity index (χ4n) is 0.657. The van der Waals surface area contributed by atoms with Crippen molar-refractivity contribution in [2.24, 2.45) is 5.73 Å². The SMILES string of the molecule is NCC(F)(F)Cc1cncs1. The molecule has 0 aromatic carbocycles. The Balaban J connectivity index is 2.56. The van der Waals surface area contributed by atoms with Gasteiger partial charge in [0, 0.05) is 17.5 Å². The van der Waals surface area contributed by atoms with Gasteiger partial charge in [0.25, 0.3) is 5.92 Å². The molecule has 2 nitrogen and oxygen atoms in total. The number of halogens is 2. The largest absolute Gasteiger partial charge is 0.325 e. The van der Waals surface area contributed by atoms with Crippen LogP contribution in [0.2, 0.25) is 0 Å². The smallest absolute Gasteiger partial charge is 0.264 e. The van der Waals surface area contributed by atoms with Crippen molar-refractivity contribution in [3.63, 3.8) is 0 Å². The Labute approximate surface area is 67.1 Å². The summed E-state index contributed by atoms with van der Waals surface area (Å²) in [6.07, 6.45) is 1.14. The van der Waals surface area contributed by atoms with E-state index in [4.69, 9.17) is 5.73 Å². The zero-order valence-corrected chi connectivity index (χ0v) is 6.57. The van der Waals surface area contributed by atoms with Crippen LogP contribution >= 0.6 is 11.3 Å². The monoisotopic (exact) mass is 178 g/mol. The maximum atomic E-state index is 12.6. The van der Waals surface area contributed by atoms with Gasteiger partial charge in [-0.1, -0.05) is 0 Å². The van der Waals surface area contributed by atoms with Crippen LogP contribution < -0.4 is 5.73 Å². The Morgan fingerprint density at radius 1 is 1.64 bits per heavy atom. The molecule has 0 atom stereocenters. The van der Waals surface area contributed by atoms with Crippen LogP contribution in [0.25, 0.3) is 0 Å². The first-order valence-electron chi connectivity index (χ1n) is 3.09. The second-order valence-corrected chi connectivity index (χ2v) is 3.18. The molecule has 5 heteroatoms. The van der Waals surface area contributed by atoms with Crippen LogP contribution in [-0.2, 0) is 6.42 Å². The maximum Gasteiger partial charge on any atom is 0.264 e. The van der Waals surface area contributed by atoms with Gasteiger partial charge in [0.2, 0.25) is 0 Å². The van der Waals surface area contributed by atoms with Crippen molar-refractivity contribution < 1.29 is 8.78 Å². The molecular weight excluding hydrogens is 170 g/mol. The van der Waals surface area contributed by atoms with Crippen molar-refractivity contribution in [3.05, 3.63) is 16.6 Å². The quantitative estimate of drug-likeness (QED) is 0.757. The summed E-state index contributed by atoms with van der Waals surface area (Å²) in [5.41, 5.74) is 6.39. The lowest BCUT2D eigenvalue weighted by atomic mass is 10.2. The molecule has 0 saturated heterocycles. The van der Waals surface area contributed by atoms with Gasteiger partial charge in [-0.3, -0.25) is 4.98 Å². The zero-order chi connectivity index (χ0) is 8.32. The van der Waals surface area contributed by atoms with E-state index < -0.39 is 12.5 Å². The van der Waals surface area contributed by atoms with Crippen LogP contribution in [0.4, 0.5) is 8.78 Å². The summed E-state index contributed by atoms with van der Waals surface area (Å²) in [4.78, 5) is 4.25. The van der Waals surface area contributed by atoms with Crippen LogP contribution in [0.3, 0.4) is 0 Å². The van der Waals surface area contributed by atoms with E-state index in [0.717, 1.165) is 0 Å².